The van der Waals surface area contributed by atoms with Gasteiger partial charge in [0.25, 0.3) is 0 Å². The van der Waals surface area contributed by atoms with Crippen molar-refractivity contribution in [2.45, 2.75) is 19.3 Å². The fourth-order valence-corrected chi connectivity index (χ4v) is 6.27. The van der Waals surface area contributed by atoms with Crippen LogP contribution in [0.25, 0.3) is 44.8 Å². The van der Waals surface area contributed by atoms with Crippen LogP contribution in [0.2, 0.25) is 0 Å². The molecular weight excluding hydrogens is 502 g/mol. The molecule has 0 saturated carbocycles. The number of hydrogen-bond acceptors (Lipinski definition) is 3. The van der Waals surface area contributed by atoms with Gasteiger partial charge < -0.3 is 9.47 Å². The van der Waals surface area contributed by atoms with E-state index in [-0.39, 0.29) is 5.41 Å². The van der Waals surface area contributed by atoms with Gasteiger partial charge >= 0.3 is 0 Å². The molecule has 1 aromatic heterocycles. The van der Waals surface area contributed by atoms with Crippen LogP contribution in [0.5, 0.6) is 23.0 Å². The van der Waals surface area contributed by atoms with Crippen molar-refractivity contribution in [3.05, 3.63) is 139 Å². The van der Waals surface area contributed by atoms with Crippen LogP contribution < -0.4 is 9.47 Å². The summed E-state index contributed by atoms with van der Waals surface area (Å²) < 4.78 is 13.4. The van der Waals surface area contributed by atoms with E-state index in [2.05, 4.69) is 98.8 Å². The first-order chi connectivity index (χ1) is 20.1. The zero-order valence-corrected chi connectivity index (χ0v) is 22.9. The van der Waals surface area contributed by atoms with E-state index < -0.39 is 0 Å². The minimum absolute atomic E-state index is 0.125. The third-order valence-corrected chi connectivity index (χ3v) is 8.35. The first kappa shape index (κ1) is 23.7. The van der Waals surface area contributed by atoms with Crippen molar-refractivity contribution < 1.29 is 9.47 Å². The SMILES string of the molecule is CC1(C)c2ccccc2-c2c1ccc1c2Oc2c(cccc2-c2cc(-c3ccccc3)cc(-c3ccccc3)n2)O1. The summed E-state index contributed by atoms with van der Waals surface area (Å²) in [5.74, 6) is 2.88. The minimum Gasteiger partial charge on any atom is -0.449 e. The van der Waals surface area contributed by atoms with Crippen LogP contribution in [0.15, 0.2) is 127 Å². The van der Waals surface area contributed by atoms with E-state index in [1.54, 1.807) is 0 Å². The zero-order chi connectivity index (χ0) is 27.6. The molecule has 0 saturated heterocycles. The van der Waals surface area contributed by atoms with Crippen molar-refractivity contribution in [3.8, 4) is 67.8 Å². The summed E-state index contributed by atoms with van der Waals surface area (Å²) in [6, 6.07) is 43.9. The molecule has 1 aliphatic carbocycles. The van der Waals surface area contributed by atoms with Gasteiger partial charge in [-0.1, -0.05) is 111 Å². The lowest BCUT2D eigenvalue weighted by Crippen LogP contribution is -2.15. The van der Waals surface area contributed by atoms with Crippen LogP contribution in [-0.4, -0.2) is 4.98 Å². The van der Waals surface area contributed by atoms with Crippen LogP contribution >= 0.6 is 0 Å². The summed E-state index contributed by atoms with van der Waals surface area (Å²) in [5, 5.41) is 0. The van der Waals surface area contributed by atoms with Gasteiger partial charge in [0.05, 0.1) is 11.4 Å². The van der Waals surface area contributed by atoms with Gasteiger partial charge in [0.2, 0.25) is 0 Å². The van der Waals surface area contributed by atoms with Crippen LogP contribution in [0.1, 0.15) is 25.0 Å². The molecule has 1 aliphatic heterocycles. The number of pyridine rings is 1. The molecule has 3 nitrogen and oxygen atoms in total. The van der Waals surface area contributed by atoms with Crippen molar-refractivity contribution in [1.82, 2.24) is 4.98 Å². The minimum atomic E-state index is -0.125. The summed E-state index contributed by atoms with van der Waals surface area (Å²) in [4.78, 5) is 5.16. The number of rotatable bonds is 3. The molecule has 0 N–H and O–H groups in total. The summed E-state index contributed by atoms with van der Waals surface area (Å²) in [6.45, 7) is 4.55. The first-order valence-corrected chi connectivity index (χ1v) is 14.0. The number of para-hydroxylation sites is 1. The van der Waals surface area contributed by atoms with Crippen molar-refractivity contribution in [2.24, 2.45) is 0 Å². The van der Waals surface area contributed by atoms with E-state index in [9.17, 15) is 0 Å². The van der Waals surface area contributed by atoms with Crippen molar-refractivity contribution >= 4 is 0 Å². The quantitative estimate of drug-likeness (QED) is 0.228. The van der Waals surface area contributed by atoms with E-state index in [0.29, 0.717) is 11.5 Å². The molecule has 0 atom stereocenters. The van der Waals surface area contributed by atoms with Crippen LogP contribution in [0.3, 0.4) is 0 Å². The van der Waals surface area contributed by atoms with E-state index in [4.69, 9.17) is 14.5 Å². The third-order valence-electron chi connectivity index (χ3n) is 8.35. The van der Waals surface area contributed by atoms with E-state index in [0.717, 1.165) is 50.7 Å². The van der Waals surface area contributed by atoms with Gasteiger partial charge in [-0.25, -0.2) is 4.98 Å². The molecule has 0 spiro atoms. The Morgan fingerprint density at radius 1 is 0.488 bits per heavy atom. The summed E-state index contributed by atoms with van der Waals surface area (Å²) in [5.41, 5.74) is 10.7. The highest BCUT2D eigenvalue weighted by atomic mass is 16.6. The van der Waals surface area contributed by atoms with Crippen LogP contribution in [0, 0.1) is 0 Å². The van der Waals surface area contributed by atoms with Gasteiger partial charge in [-0.2, -0.15) is 0 Å². The van der Waals surface area contributed by atoms with Crippen LogP contribution in [-0.2, 0) is 5.41 Å². The Morgan fingerprint density at radius 3 is 1.95 bits per heavy atom. The number of nitrogens with zero attached hydrogens (tertiary/aromatic N) is 1. The lowest BCUT2D eigenvalue weighted by molar-refractivity contribution is 0.361. The summed E-state index contributed by atoms with van der Waals surface area (Å²) in [6.07, 6.45) is 0. The Hall–Kier alpha value is -5.15. The normalized spacial score (nSPS) is 13.7. The second-order valence-corrected chi connectivity index (χ2v) is 11.2. The predicted octanol–water partition coefficient (Wildman–Crippen LogP) is 10.3. The Morgan fingerprint density at radius 2 is 1.15 bits per heavy atom. The fourth-order valence-electron chi connectivity index (χ4n) is 6.27. The molecule has 3 heteroatoms. The van der Waals surface area contributed by atoms with Gasteiger partial charge in [0.15, 0.2) is 23.0 Å². The molecule has 0 amide bonds. The molecule has 5 aromatic carbocycles. The smallest absolute Gasteiger partial charge is 0.179 e. The van der Waals surface area contributed by atoms with Gasteiger partial charge in [-0.3, -0.25) is 0 Å². The second-order valence-electron chi connectivity index (χ2n) is 11.2. The maximum atomic E-state index is 6.88. The number of hydrogen-bond donors (Lipinski definition) is 0. The van der Waals surface area contributed by atoms with Crippen molar-refractivity contribution in [1.29, 1.82) is 0 Å². The third kappa shape index (κ3) is 3.70. The fraction of sp³-hybridized carbons (Fsp3) is 0.0789. The zero-order valence-electron chi connectivity index (χ0n) is 22.9. The van der Waals surface area contributed by atoms with Crippen molar-refractivity contribution in [3.63, 3.8) is 0 Å². The number of aromatic nitrogens is 1. The average molecular weight is 530 g/mol. The second kappa shape index (κ2) is 8.94. The highest BCUT2D eigenvalue weighted by Crippen LogP contribution is 2.59. The van der Waals surface area contributed by atoms with E-state index in [1.165, 1.54) is 16.7 Å². The van der Waals surface area contributed by atoms with Gasteiger partial charge in [0, 0.05) is 22.1 Å². The largest absolute Gasteiger partial charge is 0.449 e. The predicted molar refractivity (Wildman–Crippen MR) is 165 cm³/mol. The molecule has 41 heavy (non-hydrogen) atoms. The molecule has 8 rings (SSSR count). The lowest BCUT2D eigenvalue weighted by Gasteiger charge is -2.26. The monoisotopic (exact) mass is 529 g/mol. The van der Waals surface area contributed by atoms with Crippen molar-refractivity contribution in [2.75, 3.05) is 0 Å². The Bertz CT molecular complexity index is 1900. The van der Waals surface area contributed by atoms with E-state index in [1.807, 2.05) is 42.5 Å². The maximum absolute atomic E-state index is 6.88. The molecule has 0 radical (unpaired) electrons. The summed E-state index contributed by atoms with van der Waals surface area (Å²) >= 11 is 0. The summed E-state index contributed by atoms with van der Waals surface area (Å²) in [7, 11) is 0. The maximum Gasteiger partial charge on any atom is 0.179 e. The Balaban J connectivity index is 1.31. The lowest BCUT2D eigenvalue weighted by atomic mass is 9.82. The molecule has 0 fully saturated rings. The number of benzene rings is 5. The topological polar surface area (TPSA) is 31.4 Å². The van der Waals surface area contributed by atoms with Gasteiger partial charge in [0.1, 0.15) is 0 Å². The van der Waals surface area contributed by atoms with Gasteiger partial charge in [-0.05, 0) is 58.1 Å². The average Bonchev–Trinajstić information content (AvgIpc) is 3.27. The molecule has 2 heterocycles. The molecule has 0 bridgehead atoms. The number of fused-ring (bicyclic) bond motifs is 6. The molecule has 0 unspecified atom stereocenters. The Labute approximate surface area is 239 Å². The molecule has 2 aliphatic rings. The standard InChI is InChI=1S/C38H27NO2/c1-38(2)29-18-10-9-16-27(29)35-30(38)20-21-34-37(35)41-36-28(17-11-19-33(36)40-34)32-23-26(24-12-5-3-6-13-24)22-31(39-32)25-14-7-4-8-15-25/h3-23H,1-2H3. The van der Waals surface area contributed by atoms with E-state index >= 15 is 0 Å². The Kier molecular flexibility index (Phi) is 5.17. The van der Waals surface area contributed by atoms with Crippen LogP contribution in [0.4, 0.5) is 0 Å². The molecular formula is C38H27NO2. The van der Waals surface area contributed by atoms with Gasteiger partial charge in [-0.15, -0.1) is 0 Å². The highest BCUT2D eigenvalue weighted by molar-refractivity contribution is 5.89. The highest BCUT2D eigenvalue weighted by Gasteiger charge is 2.39. The first-order valence-electron chi connectivity index (χ1n) is 14.0. The molecule has 196 valence electrons. The number of ether oxygens (including phenoxy) is 2. The molecule has 6 aromatic rings.